The third kappa shape index (κ3) is 3.19. The molecule has 7 nitrogen and oxygen atoms in total. The minimum absolute atomic E-state index is 0. The SMILES string of the molecule is Cl.NC(=O)c1[nH]cnc1O.O.O. The summed E-state index contributed by atoms with van der Waals surface area (Å²) in [5.74, 6) is -1.08. The Bertz CT molecular complexity index is 238. The lowest BCUT2D eigenvalue weighted by Crippen LogP contribution is -2.11. The van der Waals surface area contributed by atoms with Gasteiger partial charge in [-0.2, -0.15) is 0 Å². The third-order valence-electron chi connectivity index (χ3n) is 0.866. The highest BCUT2D eigenvalue weighted by atomic mass is 35.5. The van der Waals surface area contributed by atoms with Crippen LogP contribution in [0.25, 0.3) is 0 Å². The van der Waals surface area contributed by atoms with Crippen LogP contribution in [0, 0.1) is 0 Å². The maximum absolute atomic E-state index is 10.3. The largest absolute Gasteiger partial charge is 0.492 e. The number of nitrogens with zero attached hydrogens (tertiary/aromatic N) is 1. The summed E-state index contributed by atoms with van der Waals surface area (Å²) in [6.45, 7) is 0. The van der Waals surface area contributed by atoms with Crippen molar-refractivity contribution in [3.05, 3.63) is 12.0 Å². The second-order valence-electron chi connectivity index (χ2n) is 1.47. The number of carbonyl (C=O) groups excluding carboxylic acids is 1. The molecule has 0 aromatic carbocycles. The number of amides is 1. The first-order valence-electron chi connectivity index (χ1n) is 2.24. The summed E-state index contributed by atoms with van der Waals surface area (Å²) < 4.78 is 0. The summed E-state index contributed by atoms with van der Waals surface area (Å²) in [5.41, 5.74) is 4.73. The summed E-state index contributed by atoms with van der Waals surface area (Å²) in [6, 6.07) is 0. The van der Waals surface area contributed by atoms with Gasteiger partial charge in [0.2, 0.25) is 5.88 Å². The lowest BCUT2D eigenvalue weighted by atomic mass is 10.4. The molecule has 0 saturated heterocycles. The zero-order valence-corrected chi connectivity index (χ0v) is 6.68. The maximum atomic E-state index is 10.3. The Morgan fingerprint density at radius 2 is 2.08 bits per heavy atom. The highest BCUT2D eigenvalue weighted by Crippen LogP contribution is 2.06. The number of H-pyrrole nitrogens is 1. The fraction of sp³-hybridized carbons (Fsp3) is 0. The van der Waals surface area contributed by atoms with Crippen molar-refractivity contribution >= 4 is 18.3 Å². The fourth-order valence-electron chi connectivity index (χ4n) is 0.468. The van der Waals surface area contributed by atoms with Gasteiger partial charge >= 0.3 is 0 Å². The van der Waals surface area contributed by atoms with Crippen LogP contribution in [0.1, 0.15) is 10.5 Å². The molecule has 0 fully saturated rings. The van der Waals surface area contributed by atoms with Gasteiger partial charge in [0.25, 0.3) is 5.91 Å². The van der Waals surface area contributed by atoms with E-state index in [4.69, 9.17) is 10.8 Å². The Balaban J connectivity index is -0.000000270. The fourth-order valence-corrected chi connectivity index (χ4v) is 0.468. The molecule has 1 amide bonds. The van der Waals surface area contributed by atoms with Crippen LogP contribution in [0.4, 0.5) is 0 Å². The van der Waals surface area contributed by atoms with Gasteiger partial charge in [-0.15, -0.1) is 12.4 Å². The third-order valence-corrected chi connectivity index (χ3v) is 0.866. The Kier molecular flexibility index (Phi) is 9.06. The first-order chi connectivity index (χ1) is 4.22. The average Bonchev–Trinajstić information content (AvgIpc) is 2.13. The molecular weight excluding hydrogens is 190 g/mol. The Labute approximate surface area is 73.6 Å². The van der Waals surface area contributed by atoms with E-state index in [2.05, 4.69) is 9.97 Å². The van der Waals surface area contributed by atoms with Crippen LogP contribution in [-0.4, -0.2) is 31.9 Å². The quantitative estimate of drug-likeness (QED) is 0.478. The number of aromatic amines is 1. The smallest absolute Gasteiger partial charge is 0.270 e. The van der Waals surface area contributed by atoms with E-state index in [0.29, 0.717) is 0 Å². The van der Waals surface area contributed by atoms with Crippen molar-refractivity contribution in [3.8, 4) is 5.88 Å². The first-order valence-corrected chi connectivity index (χ1v) is 2.24. The number of hydrogen-bond donors (Lipinski definition) is 3. The number of hydrogen-bond acceptors (Lipinski definition) is 3. The van der Waals surface area contributed by atoms with Crippen molar-refractivity contribution in [1.29, 1.82) is 0 Å². The number of nitrogens with one attached hydrogen (secondary N) is 1. The normalized spacial score (nSPS) is 7.00. The molecule has 0 atom stereocenters. The lowest BCUT2D eigenvalue weighted by molar-refractivity contribution is 0.0993. The van der Waals surface area contributed by atoms with E-state index in [1.54, 1.807) is 0 Å². The molecule has 0 aliphatic carbocycles. The molecular formula is C4H10ClN3O4. The van der Waals surface area contributed by atoms with Crippen molar-refractivity contribution in [2.24, 2.45) is 5.73 Å². The summed E-state index contributed by atoms with van der Waals surface area (Å²) in [4.78, 5) is 16.0. The molecule has 0 unspecified atom stereocenters. The molecule has 0 aliphatic rings. The van der Waals surface area contributed by atoms with E-state index in [9.17, 15) is 4.79 Å². The molecule has 1 aromatic rings. The van der Waals surface area contributed by atoms with Crippen LogP contribution < -0.4 is 5.73 Å². The van der Waals surface area contributed by atoms with Crippen LogP contribution >= 0.6 is 12.4 Å². The number of halogens is 1. The summed E-state index contributed by atoms with van der Waals surface area (Å²) in [6.07, 6.45) is 1.19. The minimum atomic E-state index is -0.718. The second-order valence-corrected chi connectivity index (χ2v) is 1.47. The van der Waals surface area contributed by atoms with E-state index in [0.717, 1.165) is 0 Å². The molecule has 0 aliphatic heterocycles. The standard InChI is InChI=1S/C4H5N3O2.ClH.2H2O/c5-3(8)2-4(9)7-1-6-2;;;/h1,9H,(H2,5,8)(H,6,7);1H;2*1H2. The van der Waals surface area contributed by atoms with Crippen molar-refractivity contribution in [1.82, 2.24) is 9.97 Å². The zero-order valence-electron chi connectivity index (χ0n) is 5.87. The highest BCUT2D eigenvalue weighted by Gasteiger charge is 2.07. The van der Waals surface area contributed by atoms with E-state index >= 15 is 0 Å². The van der Waals surface area contributed by atoms with E-state index in [1.807, 2.05) is 0 Å². The van der Waals surface area contributed by atoms with E-state index < -0.39 is 5.91 Å². The van der Waals surface area contributed by atoms with Gasteiger partial charge in [0.15, 0.2) is 5.69 Å². The van der Waals surface area contributed by atoms with Gasteiger partial charge in [-0.05, 0) is 0 Å². The van der Waals surface area contributed by atoms with E-state index in [-0.39, 0.29) is 34.9 Å². The number of aromatic nitrogens is 2. The van der Waals surface area contributed by atoms with Crippen molar-refractivity contribution in [3.63, 3.8) is 0 Å². The van der Waals surface area contributed by atoms with Gasteiger partial charge in [-0.25, -0.2) is 4.98 Å². The van der Waals surface area contributed by atoms with Crippen LogP contribution in [0.15, 0.2) is 6.33 Å². The summed E-state index contributed by atoms with van der Waals surface area (Å²) in [5, 5.41) is 8.68. The van der Waals surface area contributed by atoms with Gasteiger partial charge in [0.05, 0.1) is 6.33 Å². The molecule has 8 N–H and O–H groups in total. The number of rotatable bonds is 1. The number of nitrogens with two attached hydrogens (primary N) is 1. The molecule has 72 valence electrons. The Hall–Kier alpha value is -1.31. The minimum Gasteiger partial charge on any atom is -0.492 e. The van der Waals surface area contributed by atoms with E-state index in [1.165, 1.54) is 6.33 Å². The number of aromatic hydroxyl groups is 1. The lowest BCUT2D eigenvalue weighted by Gasteiger charge is -1.85. The van der Waals surface area contributed by atoms with Gasteiger partial charge in [0, 0.05) is 0 Å². The molecule has 12 heavy (non-hydrogen) atoms. The van der Waals surface area contributed by atoms with Crippen LogP contribution in [0.2, 0.25) is 0 Å². The predicted octanol–water partition coefficient (Wildman–Crippen LogP) is -2.01. The van der Waals surface area contributed by atoms with Crippen LogP contribution in [0.3, 0.4) is 0 Å². The van der Waals surface area contributed by atoms with Crippen LogP contribution in [-0.2, 0) is 0 Å². The number of carbonyl (C=O) groups is 1. The van der Waals surface area contributed by atoms with Crippen LogP contribution in [0.5, 0.6) is 5.88 Å². The van der Waals surface area contributed by atoms with Gasteiger partial charge < -0.3 is 26.8 Å². The molecule has 1 rings (SSSR count). The zero-order chi connectivity index (χ0) is 6.85. The number of imidazole rings is 1. The maximum Gasteiger partial charge on any atom is 0.270 e. The molecule has 0 saturated carbocycles. The van der Waals surface area contributed by atoms with Gasteiger partial charge in [-0.3, -0.25) is 4.79 Å². The highest BCUT2D eigenvalue weighted by molar-refractivity contribution is 5.92. The first kappa shape index (κ1) is 17.0. The number of primary amides is 1. The van der Waals surface area contributed by atoms with Crippen molar-refractivity contribution < 1.29 is 20.9 Å². The topological polar surface area (TPSA) is 155 Å². The monoisotopic (exact) mass is 199 g/mol. The molecule has 0 spiro atoms. The molecule has 0 radical (unpaired) electrons. The molecule has 0 bridgehead atoms. The van der Waals surface area contributed by atoms with Gasteiger partial charge in [0.1, 0.15) is 0 Å². The molecule has 1 heterocycles. The summed E-state index contributed by atoms with van der Waals surface area (Å²) >= 11 is 0. The average molecular weight is 200 g/mol. The predicted molar refractivity (Wildman–Crippen MR) is 43.2 cm³/mol. The Morgan fingerprint density at radius 3 is 2.25 bits per heavy atom. The van der Waals surface area contributed by atoms with Gasteiger partial charge in [-0.1, -0.05) is 0 Å². The van der Waals surface area contributed by atoms with Crippen molar-refractivity contribution in [2.45, 2.75) is 0 Å². The molecule has 1 aromatic heterocycles. The summed E-state index contributed by atoms with van der Waals surface area (Å²) in [7, 11) is 0. The van der Waals surface area contributed by atoms with Crippen molar-refractivity contribution in [2.75, 3.05) is 0 Å². The second kappa shape index (κ2) is 6.40. The Morgan fingerprint density at radius 1 is 1.58 bits per heavy atom. The molecule has 8 heteroatoms.